The predicted molar refractivity (Wildman–Crippen MR) is 79.5 cm³/mol. The largest absolute Gasteiger partial charge is 0.493 e. The summed E-state index contributed by atoms with van der Waals surface area (Å²) in [6.07, 6.45) is 0.437. The average Bonchev–Trinajstić information content (AvgIpc) is 2.45. The third kappa shape index (κ3) is 3.99. The number of nitrogen functional groups attached to an aromatic ring is 1. The van der Waals surface area contributed by atoms with Crippen molar-refractivity contribution in [2.75, 3.05) is 18.1 Å². The summed E-state index contributed by atoms with van der Waals surface area (Å²) >= 11 is 0. The maximum atomic E-state index is 12.0. The van der Waals surface area contributed by atoms with Crippen LogP contribution in [-0.2, 0) is 9.84 Å². The number of hydrogen-bond donors (Lipinski definition) is 1. The first-order chi connectivity index (χ1) is 9.58. The molecular weight excluding hydrogens is 274 g/mol. The Balaban J connectivity index is 1.84. The van der Waals surface area contributed by atoms with Gasteiger partial charge in [-0.3, -0.25) is 0 Å². The molecule has 0 aliphatic carbocycles. The minimum Gasteiger partial charge on any atom is -0.493 e. The maximum absolute atomic E-state index is 12.0. The lowest BCUT2D eigenvalue weighted by atomic mass is 10.3. The Labute approximate surface area is 119 Å². The molecule has 106 valence electrons. The van der Waals surface area contributed by atoms with E-state index in [0.29, 0.717) is 29.4 Å². The molecule has 0 radical (unpaired) electrons. The van der Waals surface area contributed by atoms with Crippen LogP contribution in [0.5, 0.6) is 5.75 Å². The molecule has 0 heterocycles. The molecule has 0 aromatic heterocycles. The molecule has 0 aliphatic rings. The fraction of sp³-hybridized carbons (Fsp3) is 0.200. The zero-order valence-electron chi connectivity index (χ0n) is 11.0. The lowest BCUT2D eigenvalue weighted by molar-refractivity contribution is 0.318. The highest BCUT2D eigenvalue weighted by Gasteiger charge is 2.13. The van der Waals surface area contributed by atoms with E-state index < -0.39 is 9.84 Å². The van der Waals surface area contributed by atoms with Gasteiger partial charge in [0.15, 0.2) is 9.84 Å². The first-order valence-corrected chi connectivity index (χ1v) is 7.99. The monoisotopic (exact) mass is 291 g/mol. The Hall–Kier alpha value is -2.01. The molecule has 5 heteroatoms. The van der Waals surface area contributed by atoms with Crippen molar-refractivity contribution in [2.24, 2.45) is 0 Å². The van der Waals surface area contributed by atoms with Crippen molar-refractivity contribution in [3.05, 3.63) is 54.6 Å². The number of nitrogens with two attached hydrogens (primary N) is 1. The lowest BCUT2D eigenvalue weighted by Crippen LogP contribution is -2.10. The van der Waals surface area contributed by atoms with Gasteiger partial charge in [0.1, 0.15) is 5.75 Å². The molecule has 0 atom stereocenters. The van der Waals surface area contributed by atoms with Crippen molar-refractivity contribution in [3.63, 3.8) is 0 Å². The van der Waals surface area contributed by atoms with E-state index in [0.717, 1.165) is 0 Å². The van der Waals surface area contributed by atoms with Gasteiger partial charge in [-0.2, -0.15) is 0 Å². The van der Waals surface area contributed by atoms with Gasteiger partial charge < -0.3 is 10.5 Å². The van der Waals surface area contributed by atoms with Crippen LogP contribution in [0.4, 0.5) is 5.69 Å². The number of anilines is 1. The second kappa shape index (κ2) is 6.43. The van der Waals surface area contributed by atoms with Gasteiger partial charge in [-0.25, -0.2) is 8.42 Å². The molecule has 2 rings (SSSR count). The number of ether oxygens (including phenoxy) is 1. The number of sulfone groups is 1. The number of rotatable bonds is 6. The first kappa shape index (κ1) is 14.4. The molecule has 0 spiro atoms. The van der Waals surface area contributed by atoms with Crippen molar-refractivity contribution < 1.29 is 13.2 Å². The van der Waals surface area contributed by atoms with Gasteiger partial charge in [0, 0.05) is 11.8 Å². The molecule has 2 aromatic carbocycles. The van der Waals surface area contributed by atoms with Gasteiger partial charge in [0.05, 0.1) is 17.3 Å². The van der Waals surface area contributed by atoms with Crippen LogP contribution in [0.1, 0.15) is 6.42 Å². The highest BCUT2D eigenvalue weighted by atomic mass is 32.2. The van der Waals surface area contributed by atoms with Crippen LogP contribution in [0, 0.1) is 0 Å². The molecule has 0 saturated carbocycles. The minimum atomic E-state index is -3.23. The summed E-state index contributed by atoms with van der Waals surface area (Å²) in [5.74, 6) is 0.724. The quantitative estimate of drug-likeness (QED) is 0.656. The molecule has 0 fully saturated rings. The van der Waals surface area contributed by atoms with Gasteiger partial charge in [-0.05, 0) is 30.7 Å². The van der Waals surface area contributed by atoms with Crippen molar-refractivity contribution in [2.45, 2.75) is 11.3 Å². The van der Waals surface area contributed by atoms with Crippen LogP contribution in [0.15, 0.2) is 59.5 Å². The second-order valence-corrected chi connectivity index (χ2v) is 6.52. The normalized spacial score (nSPS) is 11.2. The Bertz CT molecular complexity index is 654. The lowest BCUT2D eigenvalue weighted by Gasteiger charge is -2.07. The number of benzene rings is 2. The van der Waals surface area contributed by atoms with E-state index >= 15 is 0 Å². The zero-order valence-corrected chi connectivity index (χ0v) is 11.8. The Morgan fingerprint density at radius 1 is 1.00 bits per heavy atom. The Kier molecular flexibility index (Phi) is 4.63. The van der Waals surface area contributed by atoms with E-state index in [1.807, 2.05) is 0 Å². The summed E-state index contributed by atoms with van der Waals surface area (Å²) in [7, 11) is -3.23. The molecule has 0 amide bonds. The summed E-state index contributed by atoms with van der Waals surface area (Å²) in [6, 6.07) is 15.5. The Morgan fingerprint density at radius 3 is 2.45 bits per heavy atom. The van der Waals surface area contributed by atoms with Gasteiger partial charge >= 0.3 is 0 Å². The molecule has 2 N–H and O–H groups in total. The van der Waals surface area contributed by atoms with Crippen molar-refractivity contribution >= 4 is 15.5 Å². The van der Waals surface area contributed by atoms with Crippen molar-refractivity contribution in [1.82, 2.24) is 0 Å². The fourth-order valence-electron chi connectivity index (χ4n) is 1.79. The maximum Gasteiger partial charge on any atom is 0.178 e. The third-order valence-corrected chi connectivity index (χ3v) is 4.60. The molecular formula is C15H17NO3S. The molecule has 0 bridgehead atoms. The molecule has 2 aromatic rings. The van der Waals surface area contributed by atoms with E-state index in [9.17, 15) is 8.42 Å². The summed E-state index contributed by atoms with van der Waals surface area (Å²) < 4.78 is 29.5. The van der Waals surface area contributed by atoms with E-state index in [4.69, 9.17) is 10.5 Å². The van der Waals surface area contributed by atoms with Crippen LogP contribution >= 0.6 is 0 Å². The standard InChI is InChI=1S/C15H17NO3S/c16-13-6-4-7-14(12-13)19-10-5-11-20(17,18)15-8-2-1-3-9-15/h1-4,6-9,12H,5,10-11,16H2. The second-order valence-electron chi connectivity index (χ2n) is 4.41. The Morgan fingerprint density at radius 2 is 1.75 bits per heavy atom. The van der Waals surface area contributed by atoms with Crippen LogP contribution in [0.2, 0.25) is 0 Å². The summed E-state index contributed by atoms with van der Waals surface area (Å²) in [5.41, 5.74) is 6.26. The van der Waals surface area contributed by atoms with E-state index in [1.54, 1.807) is 54.6 Å². The molecule has 20 heavy (non-hydrogen) atoms. The van der Waals surface area contributed by atoms with Crippen molar-refractivity contribution in [1.29, 1.82) is 0 Å². The third-order valence-electron chi connectivity index (χ3n) is 2.79. The van der Waals surface area contributed by atoms with Gasteiger partial charge in [-0.1, -0.05) is 24.3 Å². The van der Waals surface area contributed by atoms with Gasteiger partial charge in [0.25, 0.3) is 0 Å². The topological polar surface area (TPSA) is 69.4 Å². The number of hydrogen-bond acceptors (Lipinski definition) is 4. The highest BCUT2D eigenvalue weighted by Crippen LogP contribution is 2.15. The van der Waals surface area contributed by atoms with E-state index in [-0.39, 0.29) is 5.75 Å². The first-order valence-electron chi connectivity index (χ1n) is 6.34. The SMILES string of the molecule is Nc1cccc(OCCCS(=O)(=O)c2ccccc2)c1. The predicted octanol–water partition coefficient (Wildman–Crippen LogP) is 2.51. The van der Waals surface area contributed by atoms with Crippen LogP contribution in [-0.4, -0.2) is 20.8 Å². The average molecular weight is 291 g/mol. The smallest absolute Gasteiger partial charge is 0.178 e. The molecule has 0 unspecified atom stereocenters. The van der Waals surface area contributed by atoms with Crippen molar-refractivity contribution in [3.8, 4) is 5.75 Å². The molecule has 4 nitrogen and oxygen atoms in total. The van der Waals surface area contributed by atoms with Gasteiger partial charge in [0.2, 0.25) is 0 Å². The summed E-state index contributed by atoms with van der Waals surface area (Å²) in [6.45, 7) is 0.343. The summed E-state index contributed by atoms with van der Waals surface area (Å²) in [4.78, 5) is 0.351. The summed E-state index contributed by atoms with van der Waals surface area (Å²) in [5, 5.41) is 0. The van der Waals surface area contributed by atoms with E-state index in [2.05, 4.69) is 0 Å². The fourth-order valence-corrected chi connectivity index (χ4v) is 3.09. The van der Waals surface area contributed by atoms with Gasteiger partial charge in [-0.15, -0.1) is 0 Å². The highest BCUT2D eigenvalue weighted by molar-refractivity contribution is 7.91. The van der Waals surface area contributed by atoms with E-state index in [1.165, 1.54) is 0 Å². The molecule has 0 aliphatic heterocycles. The van der Waals surface area contributed by atoms with Crippen LogP contribution < -0.4 is 10.5 Å². The zero-order chi connectivity index (χ0) is 14.4. The van der Waals surface area contributed by atoms with Crippen LogP contribution in [0.3, 0.4) is 0 Å². The van der Waals surface area contributed by atoms with Crippen LogP contribution in [0.25, 0.3) is 0 Å². The minimum absolute atomic E-state index is 0.0688. The molecule has 0 saturated heterocycles.